The molecule has 0 bridgehead atoms. The summed E-state index contributed by atoms with van der Waals surface area (Å²) < 4.78 is 5.86. The number of nitrogens with one attached hydrogen (secondary N) is 1. The molecule has 80 valence electrons. The van der Waals surface area contributed by atoms with Crippen LogP contribution in [0.3, 0.4) is 0 Å². The second kappa shape index (κ2) is 3.95. The second-order valence-corrected chi connectivity index (χ2v) is 4.46. The van der Waals surface area contributed by atoms with E-state index in [9.17, 15) is 0 Å². The van der Waals surface area contributed by atoms with Crippen LogP contribution >= 0.6 is 0 Å². The summed E-state index contributed by atoms with van der Waals surface area (Å²) in [5, 5.41) is 3.42. The predicted octanol–water partition coefficient (Wildman–Crippen LogP) is 1.70. The molecule has 2 unspecified atom stereocenters. The van der Waals surface area contributed by atoms with Gasteiger partial charge in [-0.1, -0.05) is 24.3 Å². The maximum atomic E-state index is 5.86. The molecule has 0 radical (unpaired) electrons. The minimum absolute atomic E-state index is 0.391. The smallest absolute Gasteiger partial charge is 0.0768 e. The summed E-state index contributed by atoms with van der Waals surface area (Å²) in [6.45, 7) is 2.88. The molecule has 1 aliphatic heterocycles. The molecule has 1 aromatic carbocycles. The molecule has 2 aliphatic rings. The highest BCUT2D eigenvalue weighted by molar-refractivity contribution is 5.35. The Morgan fingerprint density at radius 2 is 2.20 bits per heavy atom. The van der Waals surface area contributed by atoms with Gasteiger partial charge < -0.3 is 10.1 Å². The van der Waals surface area contributed by atoms with Gasteiger partial charge in [0.25, 0.3) is 0 Å². The Morgan fingerprint density at radius 1 is 1.27 bits per heavy atom. The summed E-state index contributed by atoms with van der Waals surface area (Å²) in [6, 6.07) is 8.81. The number of aryl methyl sites for hydroxylation is 1. The minimum Gasteiger partial charge on any atom is -0.375 e. The molecule has 1 heterocycles. The lowest BCUT2D eigenvalue weighted by atomic mass is 9.94. The van der Waals surface area contributed by atoms with Crippen molar-refractivity contribution < 1.29 is 4.74 Å². The van der Waals surface area contributed by atoms with Gasteiger partial charge in [-0.3, -0.25) is 0 Å². The Bertz CT molecular complexity index is 344. The number of hydrogen-bond donors (Lipinski definition) is 1. The van der Waals surface area contributed by atoms with Crippen LogP contribution in [0.15, 0.2) is 24.3 Å². The van der Waals surface area contributed by atoms with Crippen LogP contribution in [0.1, 0.15) is 23.5 Å². The van der Waals surface area contributed by atoms with Crippen LogP contribution in [0.5, 0.6) is 0 Å². The summed E-state index contributed by atoms with van der Waals surface area (Å²) in [6.07, 6.45) is 2.87. The van der Waals surface area contributed by atoms with Gasteiger partial charge in [0.05, 0.1) is 12.7 Å². The quantitative estimate of drug-likeness (QED) is 0.750. The molecular formula is C13H17NO. The molecule has 1 fully saturated rings. The van der Waals surface area contributed by atoms with E-state index in [1.165, 1.54) is 24.0 Å². The molecule has 1 N–H and O–H groups in total. The molecule has 1 aromatic rings. The molecule has 0 saturated carbocycles. The van der Waals surface area contributed by atoms with Crippen LogP contribution in [0.25, 0.3) is 0 Å². The first-order valence-electron chi connectivity index (χ1n) is 5.85. The predicted molar refractivity (Wildman–Crippen MR) is 60.1 cm³/mol. The van der Waals surface area contributed by atoms with Gasteiger partial charge in [-0.2, -0.15) is 0 Å². The fourth-order valence-corrected chi connectivity index (χ4v) is 2.82. The molecule has 0 spiro atoms. The second-order valence-electron chi connectivity index (χ2n) is 4.46. The average molecular weight is 203 g/mol. The lowest BCUT2D eigenvalue weighted by molar-refractivity contribution is 0.0114. The van der Waals surface area contributed by atoms with Gasteiger partial charge in [-0.25, -0.2) is 0 Å². The number of morpholine rings is 1. The Balaban J connectivity index is 1.83. The van der Waals surface area contributed by atoms with E-state index in [2.05, 4.69) is 29.6 Å². The highest BCUT2D eigenvalue weighted by Crippen LogP contribution is 2.36. The Labute approximate surface area is 90.6 Å². The molecule has 3 rings (SSSR count). The maximum Gasteiger partial charge on any atom is 0.0768 e. The summed E-state index contributed by atoms with van der Waals surface area (Å²) in [7, 11) is 0. The third kappa shape index (κ3) is 1.68. The zero-order chi connectivity index (χ0) is 10.1. The molecule has 2 nitrogen and oxygen atoms in total. The van der Waals surface area contributed by atoms with Crippen molar-refractivity contribution in [2.45, 2.75) is 24.9 Å². The zero-order valence-corrected chi connectivity index (χ0v) is 8.91. The van der Waals surface area contributed by atoms with Gasteiger partial charge in [-0.15, -0.1) is 0 Å². The number of ether oxygens (including phenoxy) is 1. The molecule has 15 heavy (non-hydrogen) atoms. The van der Waals surface area contributed by atoms with Crippen molar-refractivity contribution in [3.05, 3.63) is 35.4 Å². The fourth-order valence-electron chi connectivity index (χ4n) is 2.82. The number of hydrogen-bond acceptors (Lipinski definition) is 2. The average Bonchev–Trinajstić information content (AvgIpc) is 2.74. The third-order valence-electron chi connectivity index (χ3n) is 3.58. The van der Waals surface area contributed by atoms with E-state index in [-0.39, 0.29) is 0 Å². The van der Waals surface area contributed by atoms with E-state index in [4.69, 9.17) is 4.74 Å². The Morgan fingerprint density at radius 3 is 3.07 bits per heavy atom. The molecule has 1 saturated heterocycles. The first-order valence-corrected chi connectivity index (χ1v) is 5.85. The molecular weight excluding hydrogens is 186 g/mol. The van der Waals surface area contributed by atoms with E-state index in [1.54, 1.807) is 0 Å². The monoisotopic (exact) mass is 203 g/mol. The molecule has 0 aromatic heterocycles. The summed E-state index contributed by atoms with van der Waals surface area (Å²) in [4.78, 5) is 0. The summed E-state index contributed by atoms with van der Waals surface area (Å²) in [5.74, 6) is 0.619. The van der Waals surface area contributed by atoms with Gasteiger partial charge in [0, 0.05) is 19.0 Å². The fraction of sp³-hybridized carbons (Fsp3) is 0.538. The number of benzene rings is 1. The topological polar surface area (TPSA) is 21.3 Å². The maximum absolute atomic E-state index is 5.86. The largest absolute Gasteiger partial charge is 0.375 e. The first kappa shape index (κ1) is 9.37. The van der Waals surface area contributed by atoms with Crippen molar-refractivity contribution in [3.8, 4) is 0 Å². The van der Waals surface area contributed by atoms with E-state index in [0.717, 1.165) is 19.7 Å². The first-order chi connectivity index (χ1) is 7.45. The molecule has 2 heteroatoms. The molecule has 2 atom stereocenters. The van der Waals surface area contributed by atoms with E-state index < -0.39 is 0 Å². The normalized spacial score (nSPS) is 30.1. The van der Waals surface area contributed by atoms with Crippen LogP contribution in [0.2, 0.25) is 0 Å². The minimum atomic E-state index is 0.391. The van der Waals surface area contributed by atoms with Crippen LogP contribution in [-0.4, -0.2) is 25.8 Å². The summed E-state index contributed by atoms with van der Waals surface area (Å²) >= 11 is 0. The van der Waals surface area contributed by atoms with Crippen molar-refractivity contribution in [2.75, 3.05) is 19.7 Å². The lowest BCUT2D eigenvalue weighted by Crippen LogP contribution is -2.41. The van der Waals surface area contributed by atoms with E-state index in [0.29, 0.717) is 12.0 Å². The lowest BCUT2D eigenvalue weighted by Gasteiger charge is -2.29. The van der Waals surface area contributed by atoms with Crippen molar-refractivity contribution >= 4 is 0 Å². The van der Waals surface area contributed by atoms with Gasteiger partial charge in [-0.05, 0) is 24.0 Å². The van der Waals surface area contributed by atoms with E-state index in [1.807, 2.05) is 0 Å². The highest BCUT2D eigenvalue weighted by atomic mass is 16.5. The number of fused-ring (bicyclic) bond motifs is 1. The van der Waals surface area contributed by atoms with Crippen LogP contribution < -0.4 is 5.32 Å². The summed E-state index contributed by atoms with van der Waals surface area (Å²) in [5.41, 5.74) is 3.04. The van der Waals surface area contributed by atoms with E-state index >= 15 is 0 Å². The van der Waals surface area contributed by atoms with Crippen molar-refractivity contribution in [1.82, 2.24) is 5.32 Å². The van der Waals surface area contributed by atoms with Gasteiger partial charge >= 0.3 is 0 Å². The highest BCUT2D eigenvalue weighted by Gasteiger charge is 2.30. The van der Waals surface area contributed by atoms with Gasteiger partial charge in [0.15, 0.2) is 0 Å². The molecule has 0 amide bonds. The van der Waals surface area contributed by atoms with Gasteiger partial charge in [0.2, 0.25) is 0 Å². The van der Waals surface area contributed by atoms with Crippen LogP contribution in [0, 0.1) is 0 Å². The number of rotatable bonds is 1. The van der Waals surface area contributed by atoms with Gasteiger partial charge in [0.1, 0.15) is 0 Å². The van der Waals surface area contributed by atoms with Crippen molar-refractivity contribution in [1.29, 1.82) is 0 Å². The Kier molecular flexibility index (Phi) is 2.47. The van der Waals surface area contributed by atoms with Crippen LogP contribution in [-0.2, 0) is 11.2 Å². The molecule has 1 aliphatic carbocycles. The Hall–Kier alpha value is -0.860. The third-order valence-corrected chi connectivity index (χ3v) is 3.58. The van der Waals surface area contributed by atoms with Crippen molar-refractivity contribution in [2.24, 2.45) is 0 Å². The SMILES string of the molecule is c1ccc2c(c1)CCC2C1CNCCO1. The standard InChI is InChI=1S/C13H17NO/c1-2-4-11-10(3-1)5-6-12(11)13-9-14-7-8-15-13/h1-4,12-14H,5-9H2. The zero-order valence-electron chi connectivity index (χ0n) is 8.91. The van der Waals surface area contributed by atoms with Crippen LogP contribution in [0.4, 0.5) is 0 Å². The van der Waals surface area contributed by atoms with Crippen molar-refractivity contribution in [3.63, 3.8) is 0 Å².